The third kappa shape index (κ3) is 7.60. The zero-order valence-electron chi connectivity index (χ0n) is 16.9. The predicted octanol–water partition coefficient (Wildman–Crippen LogP) is 4.42. The molecule has 0 aromatic heterocycles. The molecular formula is C21H36O5. The van der Waals surface area contributed by atoms with Crippen LogP contribution in [-0.2, 0) is 23.7 Å². The lowest BCUT2D eigenvalue weighted by atomic mass is 9.87. The van der Waals surface area contributed by atoms with Crippen molar-refractivity contribution < 1.29 is 23.7 Å². The van der Waals surface area contributed by atoms with Crippen LogP contribution < -0.4 is 0 Å². The van der Waals surface area contributed by atoms with E-state index in [2.05, 4.69) is 13.2 Å². The van der Waals surface area contributed by atoms with Crippen LogP contribution in [0.4, 0.5) is 0 Å². The Balaban J connectivity index is 2.77. The van der Waals surface area contributed by atoms with Crippen molar-refractivity contribution in [1.29, 1.82) is 0 Å². The molecular weight excluding hydrogens is 332 g/mol. The van der Waals surface area contributed by atoms with Crippen molar-refractivity contribution >= 4 is 5.97 Å². The van der Waals surface area contributed by atoms with Gasteiger partial charge in [-0.05, 0) is 46.0 Å². The molecule has 26 heavy (non-hydrogen) atoms. The van der Waals surface area contributed by atoms with E-state index >= 15 is 0 Å². The lowest BCUT2D eigenvalue weighted by molar-refractivity contribution is -0.186. The summed E-state index contributed by atoms with van der Waals surface area (Å²) in [5.74, 6) is -0.00478. The fourth-order valence-corrected chi connectivity index (χ4v) is 3.25. The van der Waals surface area contributed by atoms with E-state index in [0.29, 0.717) is 32.2 Å². The monoisotopic (exact) mass is 368 g/mol. The first-order chi connectivity index (χ1) is 12.3. The maximum atomic E-state index is 12.9. The second kappa shape index (κ2) is 10.9. The SMILES string of the molecule is C=CCC(CC=C)(OCC1CCCC(OCOC)C1)C(=O)OC(C)(C)C. The first-order valence-corrected chi connectivity index (χ1v) is 9.46. The van der Waals surface area contributed by atoms with Crippen LogP contribution in [0.1, 0.15) is 59.3 Å². The number of ether oxygens (including phenoxy) is 4. The highest BCUT2D eigenvalue weighted by molar-refractivity contribution is 5.80. The molecule has 0 aromatic carbocycles. The highest BCUT2D eigenvalue weighted by Crippen LogP contribution is 2.31. The minimum Gasteiger partial charge on any atom is -0.458 e. The molecule has 1 fully saturated rings. The van der Waals surface area contributed by atoms with Gasteiger partial charge in [0.1, 0.15) is 12.4 Å². The zero-order chi connectivity index (χ0) is 19.6. The van der Waals surface area contributed by atoms with E-state index in [1.807, 2.05) is 20.8 Å². The lowest BCUT2D eigenvalue weighted by Gasteiger charge is -2.36. The molecule has 1 saturated carbocycles. The quantitative estimate of drug-likeness (QED) is 0.307. The summed E-state index contributed by atoms with van der Waals surface area (Å²) in [6, 6.07) is 0. The van der Waals surface area contributed by atoms with Crippen molar-refractivity contribution in [3.8, 4) is 0 Å². The number of hydrogen-bond donors (Lipinski definition) is 0. The Kier molecular flexibility index (Phi) is 9.55. The molecule has 0 N–H and O–H groups in total. The maximum absolute atomic E-state index is 12.9. The van der Waals surface area contributed by atoms with Crippen molar-refractivity contribution in [2.45, 2.75) is 76.6 Å². The molecule has 0 spiro atoms. The minimum atomic E-state index is -1.06. The molecule has 5 nitrogen and oxygen atoms in total. The van der Waals surface area contributed by atoms with Crippen molar-refractivity contribution in [1.82, 2.24) is 0 Å². The topological polar surface area (TPSA) is 54.0 Å². The van der Waals surface area contributed by atoms with E-state index < -0.39 is 11.2 Å². The summed E-state index contributed by atoms with van der Waals surface area (Å²) in [5, 5.41) is 0. The molecule has 0 saturated heterocycles. The van der Waals surface area contributed by atoms with Crippen LogP contribution in [-0.4, -0.2) is 43.8 Å². The summed E-state index contributed by atoms with van der Waals surface area (Å²) in [6.07, 6.45) is 8.50. The number of rotatable bonds is 11. The smallest absolute Gasteiger partial charge is 0.339 e. The second-order valence-corrected chi connectivity index (χ2v) is 8.02. The average molecular weight is 369 g/mol. The van der Waals surface area contributed by atoms with E-state index in [1.165, 1.54) is 0 Å². The maximum Gasteiger partial charge on any atom is 0.339 e. The van der Waals surface area contributed by atoms with Gasteiger partial charge in [0.05, 0.1) is 12.7 Å². The Labute approximate surface area is 158 Å². The van der Waals surface area contributed by atoms with Gasteiger partial charge in [0.25, 0.3) is 0 Å². The number of carbonyl (C=O) groups excluding carboxylic acids is 1. The van der Waals surface area contributed by atoms with Gasteiger partial charge >= 0.3 is 5.97 Å². The van der Waals surface area contributed by atoms with Crippen molar-refractivity contribution in [3.63, 3.8) is 0 Å². The van der Waals surface area contributed by atoms with Gasteiger partial charge in [-0.25, -0.2) is 4.79 Å². The van der Waals surface area contributed by atoms with Crippen LogP contribution in [0.5, 0.6) is 0 Å². The molecule has 0 bridgehead atoms. The zero-order valence-corrected chi connectivity index (χ0v) is 16.9. The highest BCUT2D eigenvalue weighted by Gasteiger charge is 2.41. The van der Waals surface area contributed by atoms with Crippen LogP contribution in [0.15, 0.2) is 25.3 Å². The third-order valence-corrected chi connectivity index (χ3v) is 4.47. The summed E-state index contributed by atoms with van der Waals surface area (Å²) < 4.78 is 22.5. The van der Waals surface area contributed by atoms with E-state index in [4.69, 9.17) is 18.9 Å². The Bertz CT molecular complexity index is 442. The van der Waals surface area contributed by atoms with Crippen molar-refractivity contribution in [3.05, 3.63) is 25.3 Å². The van der Waals surface area contributed by atoms with Gasteiger partial charge in [0.15, 0.2) is 5.60 Å². The van der Waals surface area contributed by atoms with Crippen LogP contribution in [0.2, 0.25) is 0 Å². The predicted molar refractivity (Wildman–Crippen MR) is 103 cm³/mol. The molecule has 0 aliphatic heterocycles. The Morgan fingerprint density at radius 2 is 1.81 bits per heavy atom. The lowest BCUT2D eigenvalue weighted by Crippen LogP contribution is -2.46. The summed E-state index contributed by atoms with van der Waals surface area (Å²) in [4.78, 5) is 12.9. The molecule has 5 heteroatoms. The van der Waals surface area contributed by atoms with Crippen LogP contribution in [0.3, 0.4) is 0 Å². The molecule has 2 atom stereocenters. The number of carbonyl (C=O) groups is 1. The molecule has 0 aromatic rings. The summed E-state index contributed by atoms with van der Waals surface area (Å²) >= 11 is 0. The number of esters is 1. The van der Waals surface area contributed by atoms with Crippen LogP contribution >= 0.6 is 0 Å². The Hall–Kier alpha value is -1.17. The minimum absolute atomic E-state index is 0.187. The third-order valence-electron chi connectivity index (χ3n) is 4.47. The van der Waals surface area contributed by atoms with Crippen LogP contribution in [0, 0.1) is 5.92 Å². The molecule has 0 radical (unpaired) electrons. The summed E-state index contributed by atoms with van der Waals surface area (Å²) in [5.41, 5.74) is -1.63. The first kappa shape index (κ1) is 22.9. The fraction of sp³-hybridized carbons (Fsp3) is 0.762. The van der Waals surface area contributed by atoms with E-state index in [-0.39, 0.29) is 12.1 Å². The van der Waals surface area contributed by atoms with Gasteiger partial charge in [-0.3, -0.25) is 0 Å². The van der Waals surface area contributed by atoms with Crippen molar-refractivity contribution in [2.75, 3.05) is 20.5 Å². The Morgan fingerprint density at radius 3 is 2.35 bits per heavy atom. The molecule has 1 aliphatic rings. The average Bonchev–Trinajstić information content (AvgIpc) is 2.57. The largest absolute Gasteiger partial charge is 0.458 e. The molecule has 150 valence electrons. The standard InChI is InChI=1S/C21H36O5/c1-7-12-21(13-8-2,19(22)26-20(3,4)5)25-15-17-10-9-11-18(14-17)24-16-23-6/h7-8,17-18H,1-2,9-16H2,3-6H3. The fourth-order valence-electron chi connectivity index (χ4n) is 3.25. The molecule has 0 heterocycles. The van der Waals surface area contributed by atoms with Crippen LogP contribution in [0.25, 0.3) is 0 Å². The summed E-state index contributed by atoms with van der Waals surface area (Å²) in [6.45, 7) is 14.0. The van der Waals surface area contributed by atoms with Gasteiger partial charge in [0.2, 0.25) is 0 Å². The van der Waals surface area contributed by atoms with Gasteiger partial charge < -0.3 is 18.9 Å². The normalized spacial score (nSPS) is 21.2. The Morgan fingerprint density at radius 1 is 1.15 bits per heavy atom. The molecule has 2 unspecified atom stereocenters. The molecule has 1 rings (SSSR count). The van der Waals surface area contributed by atoms with E-state index in [9.17, 15) is 4.79 Å². The summed E-state index contributed by atoms with van der Waals surface area (Å²) in [7, 11) is 1.63. The molecule has 0 amide bonds. The van der Waals surface area contributed by atoms with E-state index in [0.717, 1.165) is 25.7 Å². The first-order valence-electron chi connectivity index (χ1n) is 9.46. The second-order valence-electron chi connectivity index (χ2n) is 8.02. The number of hydrogen-bond acceptors (Lipinski definition) is 5. The van der Waals surface area contributed by atoms with Gasteiger partial charge in [0, 0.05) is 20.0 Å². The van der Waals surface area contributed by atoms with Gasteiger partial charge in [-0.15, -0.1) is 13.2 Å². The molecule has 1 aliphatic carbocycles. The number of methoxy groups -OCH3 is 1. The van der Waals surface area contributed by atoms with Crippen molar-refractivity contribution in [2.24, 2.45) is 5.92 Å². The van der Waals surface area contributed by atoms with Gasteiger partial charge in [-0.1, -0.05) is 18.6 Å². The highest BCUT2D eigenvalue weighted by atomic mass is 16.7. The van der Waals surface area contributed by atoms with Gasteiger partial charge in [-0.2, -0.15) is 0 Å². The van der Waals surface area contributed by atoms with E-state index in [1.54, 1.807) is 19.3 Å².